The molecule has 0 fully saturated rings. The van der Waals surface area contributed by atoms with Crippen LogP contribution < -0.4 is 29.7 Å². The topological polar surface area (TPSA) is 73.3 Å². The summed E-state index contributed by atoms with van der Waals surface area (Å²) < 4.78 is 21.1. The average molecular weight is 373 g/mol. The van der Waals surface area contributed by atoms with Gasteiger partial charge in [-0.05, 0) is 53.7 Å². The molecule has 0 aliphatic carbocycles. The van der Waals surface area contributed by atoms with Gasteiger partial charge in [-0.25, -0.2) is 0 Å². The number of thiocarbonyl (C=S) groups is 1. The van der Waals surface area contributed by atoms with E-state index in [1.165, 1.54) is 0 Å². The zero-order valence-electron chi connectivity index (χ0n) is 14.4. The van der Waals surface area contributed by atoms with Gasteiger partial charge in [0.1, 0.15) is 0 Å². The molecule has 2 aromatic carbocycles. The zero-order valence-corrected chi connectivity index (χ0v) is 15.3. The molecule has 0 aromatic heterocycles. The number of benzene rings is 2. The van der Waals surface area contributed by atoms with E-state index in [4.69, 9.17) is 31.2 Å². The van der Waals surface area contributed by atoms with E-state index in [1.54, 1.807) is 20.4 Å². The fraction of sp³-hybridized carbons (Fsp3) is 0.222. The number of nitrogens with one attached hydrogen (secondary N) is 2. The molecule has 7 nitrogen and oxygen atoms in total. The monoisotopic (exact) mass is 373 g/mol. The molecule has 2 aromatic rings. The van der Waals surface area contributed by atoms with Crippen molar-refractivity contribution >= 4 is 23.5 Å². The normalized spacial score (nSPS) is 12.1. The van der Waals surface area contributed by atoms with Gasteiger partial charge in [0.15, 0.2) is 28.1 Å². The van der Waals surface area contributed by atoms with Crippen molar-refractivity contribution in [3.05, 3.63) is 47.5 Å². The van der Waals surface area contributed by atoms with E-state index in [-0.39, 0.29) is 6.79 Å². The van der Waals surface area contributed by atoms with Crippen LogP contribution in [0.1, 0.15) is 11.1 Å². The second-order valence-corrected chi connectivity index (χ2v) is 5.76. The highest BCUT2D eigenvalue weighted by molar-refractivity contribution is 7.80. The Bertz CT molecular complexity index is 826. The van der Waals surface area contributed by atoms with Crippen molar-refractivity contribution in [1.82, 2.24) is 10.7 Å². The van der Waals surface area contributed by atoms with Gasteiger partial charge in [0.2, 0.25) is 6.79 Å². The van der Waals surface area contributed by atoms with Crippen LogP contribution >= 0.6 is 12.2 Å². The fourth-order valence-electron chi connectivity index (χ4n) is 2.37. The number of ether oxygens (including phenoxy) is 4. The molecule has 0 saturated carbocycles. The van der Waals surface area contributed by atoms with Gasteiger partial charge in [0, 0.05) is 6.54 Å². The summed E-state index contributed by atoms with van der Waals surface area (Å²) in [5.74, 6) is 2.81. The van der Waals surface area contributed by atoms with Gasteiger partial charge in [0.25, 0.3) is 0 Å². The molecule has 0 saturated heterocycles. The standard InChI is InChI=1S/C18H19N3O4S/c1-22-14-5-3-13(7-16(14)23-2)10-20-21-18(26)19-9-12-4-6-15-17(8-12)25-11-24-15/h3-8,10H,9,11H2,1-2H3,(H2,19,21,26)/b20-10-. The number of hydrogen-bond acceptors (Lipinski definition) is 6. The number of hydrazone groups is 1. The number of fused-ring (bicyclic) bond motifs is 1. The maximum Gasteiger partial charge on any atom is 0.231 e. The number of methoxy groups -OCH3 is 2. The van der Waals surface area contributed by atoms with Crippen LogP contribution in [-0.4, -0.2) is 32.3 Å². The van der Waals surface area contributed by atoms with E-state index in [0.29, 0.717) is 23.2 Å². The molecular formula is C18H19N3O4S. The van der Waals surface area contributed by atoms with Crippen molar-refractivity contribution in [1.29, 1.82) is 0 Å². The zero-order chi connectivity index (χ0) is 18.4. The summed E-state index contributed by atoms with van der Waals surface area (Å²) in [6.45, 7) is 0.811. The third-order valence-electron chi connectivity index (χ3n) is 3.68. The second-order valence-electron chi connectivity index (χ2n) is 5.35. The Morgan fingerprint density at radius 3 is 2.73 bits per heavy atom. The van der Waals surface area contributed by atoms with E-state index in [2.05, 4.69) is 15.8 Å². The third kappa shape index (κ3) is 4.34. The number of nitrogens with zero attached hydrogens (tertiary/aromatic N) is 1. The van der Waals surface area contributed by atoms with Gasteiger partial charge in [-0.2, -0.15) is 5.10 Å². The summed E-state index contributed by atoms with van der Waals surface area (Å²) in [6, 6.07) is 11.3. The molecule has 136 valence electrons. The summed E-state index contributed by atoms with van der Waals surface area (Å²) in [7, 11) is 3.18. The Morgan fingerprint density at radius 2 is 1.92 bits per heavy atom. The summed E-state index contributed by atoms with van der Waals surface area (Å²) >= 11 is 5.22. The first-order valence-corrected chi connectivity index (χ1v) is 8.28. The summed E-state index contributed by atoms with van der Waals surface area (Å²) in [4.78, 5) is 0. The Hall–Kier alpha value is -3.00. The van der Waals surface area contributed by atoms with Gasteiger partial charge < -0.3 is 24.3 Å². The molecule has 0 bridgehead atoms. The molecule has 8 heteroatoms. The van der Waals surface area contributed by atoms with Gasteiger partial charge in [-0.15, -0.1) is 0 Å². The smallest absolute Gasteiger partial charge is 0.231 e. The van der Waals surface area contributed by atoms with E-state index < -0.39 is 0 Å². The summed E-state index contributed by atoms with van der Waals surface area (Å²) in [5.41, 5.74) is 4.67. The molecular weight excluding hydrogens is 354 g/mol. The molecule has 1 heterocycles. The quantitative estimate of drug-likeness (QED) is 0.458. The molecule has 0 amide bonds. The van der Waals surface area contributed by atoms with Crippen molar-refractivity contribution in [2.75, 3.05) is 21.0 Å². The lowest BCUT2D eigenvalue weighted by molar-refractivity contribution is 0.174. The Labute approximate surface area is 156 Å². The highest BCUT2D eigenvalue weighted by Crippen LogP contribution is 2.32. The molecule has 0 atom stereocenters. The van der Waals surface area contributed by atoms with Crippen LogP contribution in [0.25, 0.3) is 0 Å². The minimum atomic E-state index is 0.261. The molecule has 0 unspecified atom stereocenters. The summed E-state index contributed by atoms with van der Waals surface area (Å²) in [5, 5.41) is 7.62. The van der Waals surface area contributed by atoms with Crippen molar-refractivity contribution in [3.63, 3.8) is 0 Å². The van der Waals surface area contributed by atoms with Gasteiger partial charge in [-0.1, -0.05) is 6.07 Å². The van der Waals surface area contributed by atoms with Crippen molar-refractivity contribution in [3.8, 4) is 23.0 Å². The lowest BCUT2D eigenvalue weighted by Crippen LogP contribution is -2.31. The Morgan fingerprint density at radius 1 is 1.12 bits per heavy atom. The lowest BCUT2D eigenvalue weighted by Gasteiger charge is -2.08. The predicted octanol–water partition coefficient (Wildman–Crippen LogP) is 2.43. The fourth-order valence-corrected chi connectivity index (χ4v) is 2.50. The minimum absolute atomic E-state index is 0.261. The second kappa shape index (κ2) is 8.39. The highest BCUT2D eigenvalue weighted by atomic mass is 32.1. The van der Waals surface area contributed by atoms with Crippen LogP contribution in [0.3, 0.4) is 0 Å². The Balaban J connectivity index is 1.50. The van der Waals surface area contributed by atoms with Crippen LogP contribution in [0.15, 0.2) is 41.5 Å². The first-order chi connectivity index (χ1) is 12.7. The SMILES string of the molecule is COc1ccc(/C=N\NC(=S)NCc2ccc3c(c2)OCO3)cc1OC. The number of rotatable bonds is 6. The van der Waals surface area contributed by atoms with Crippen molar-refractivity contribution < 1.29 is 18.9 Å². The molecule has 2 N–H and O–H groups in total. The van der Waals surface area contributed by atoms with Crippen LogP contribution in [-0.2, 0) is 6.54 Å². The van der Waals surface area contributed by atoms with E-state index in [0.717, 1.165) is 22.6 Å². The van der Waals surface area contributed by atoms with Crippen molar-refractivity contribution in [2.24, 2.45) is 5.10 Å². The molecule has 1 aliphatic rings. The van der Waals surface area contributed by atoms with E-state index >= 15 is 0 Å². The highest BCUT2D eigenvalue weighted by Gasteiger charge is 2.13. The molecule has 0 spiro atoms. The van der Waals surface area contributed by atoms with Gasteiger partial charge in [0.05, 0.1) is 20.4 Å². The van der Waals surface area contributed by atoms with Gasteiger partial charge >= 0.3 is 0 Å². The van der Waals surface area contributed by atoms with Crippen molar-refractivity contribution in [2.45, 2.75) is 6.54 Å². The first kappa shape index (κ1) is 17.8. The van der Waals surface area contributed by atoms with Crippen LogP contribution in [0, 0.1) is 0 Å². The average Bonchev–Trinajstić information content (AvgIpc) is 3.14. The molecule has 1 aliphatic heterocycles. The van der Waals surface area contributed by atoms with Gasteiger partial charge in [-0.3, -0.25) is 5.43 Å². The van der Waals surface area contributed by atoms with Crippen LogP contribution in [0.4, 0.5) is 0 Å². The Kier molecular flexibility index (Phi) is 5.75. The summed E-state index contributed by atoms with van der Waals surface area (Å²) in [6.07, 6.45) is 1.65. The van der Waals surface area contributed by atoms with E-state index in [1.807, 2.05) is 36.4 Å². The largest absolute Gasteiger partial charge is 0.493 e. The van der Waals surface area contributed by atoms with E-state index in [9.17, 15) is 0 Å². The molecule has 0 radical (unpaired) electrons. The minimum Gasteiger partial charge on any atom is -0.493 e. The van der Waals surface area contributed by atoms with Crippen LogP contribution in [0.5, 0.6) is 23.0 Å². The van der Waals surface area contributed by atoms with Crippen LogP contribution in [0.2, 0.25) is 0 Å². The third-order valence-corrected chi connectivity index (χ3v) is 3.91. The first-order valence-electron chi connectivity index (χ1n) is 7.87. The maximum absolute atomic E-state index is 5.35. The number of hydrogen-bond donors (Lipinski definition) is 2. The maximum atomic E-state index is 5.35. The molecule has 3 rings (SSSR count). The predicted molar refractivity (Wildman–Crippen MR) is 102 cm³/mol. The molecule has 26 heavy (non-hydrogen) atoms. The lowest BCUT2D eigenvalue weighted by atomic mass is 10.2.